The number of likely N-dealkylation sites (tertiary alicyclic amines) is 2. The number of carbonyl (C=O) groups excluding carboxylic acids is 1. The van der Waals surface area contributed by atoms with E-state index in [0.717, 1.165) is 44.3 Å². The zero-order valence-electron chi connectivity index (χ0n) is 19.5. The van der Waals surface area contributed by atoms with Crippen LogP contribution in [-0.4, -0.2) is 64.2 Å². The van der Waals surface area contributed by atoms with Crippen molar-refractivity contribution in [2.45, 2.75) is 102 Å². The number of carbonyl (C=O) groups is 2. The van der Waals surface area contributed by atoms with Crippen molar-refractivity contribution in [3.63, 3.8) is 0 Å². The van der Waals surface area contributed by atoms with Crippen LogP contribution < -0.4 is 4.90 Å². The molecule has 32 heavy (non-hydrogen) atoms. The summed E-state index contributed by atoms with van der Waals surface area (Å²) in [6, 6.07) is 10.3. The fourth-order valence-electron chi connectivity index (χ4n) is 6.25. The third-order valence-corrected chi connectivity index (χ3v) is 7.79. The first kappa shape index (κ1) is 23.1. The predicted octanol–water partition coefficient (Wildman–Crippen LogP) is 5.13. The lowest BCUT2D eigenvalue weighted by molar-refractivity contribution is -0.141. The molecule has 2 aliphatic heterocycles. The molecule has 1 N–H and O–H groups in total. The van der Waals surface area contributed by atoms with Gasteiger partial charge in [-0.1, -0.05) is 50.8 Å². The number of aliphatic carboxylic acids is 1. The average molecular weight is 442 g/mol. The lowest BCUT2D eigenvalue weighted by Gasteiger charge is -2.48. The van der Waals surface area contributed by atoms with Crippen molar-refractivity contribution in [1.82, 2.24) is 9.80 Å². The maximum Gasteiger partial charge on any atom is 0.326 e. The molecule has 0 unspecified atom stereocenters. The number of rotatable bonds is 6. The van der Waals surface area contributed by atoms with Gasteiger partial charge in [0, 0.05) is 36.9 Å². The zero-order valence-corrected chi connectivity index (χ0v) is 19.5. The number of piperidine rings is 1. The normalized spacial score (nSPS) is 27.4. The standard InChI is InChI=1S/C26H39N3O3/c1-2-10-22-19-23(16-18-27(22)20-11-5-3-6-12-20)29(21-13-7-4-8-14-21)26(32)28-17-9-15-24(28)25(30)31/h4,7-8,13-14,20,22-24H,2-3,5-6,9-12,15-19H2,1H3,(H,30,31)/t22-,23-,24+/m0/s1. The first-order valence-corrected chi connectivity index (χ1v) is 12.7. The Balaban J connectivity index is 1.57. The molecule has 0 radical (unpaired) electrons. The number of hydrogen-bond acceptors (Lipinski definition) is 3. The summed E-state index contributed by atoms with van der Waals surface area (Å²) in [5.74, 6) is -0.889. The van der Waals surface area contributed by atoms with E-state index in [-0.39, 0.29) is 12.1 Å². The van der Waals surface area contributed by atoms with Crippen LogP contribution in [0.5, 0.6) is 0 Å². The maximum atomic E-state index is 13.8. The van der Waals surface area contributed by atoms with Gasteiger partial charge in [-0.3, -0.25) is 9.80 Å². The number of urea groups is 1. The Morgan fingerprint density at radius 1 is 1.00 bits per heavy atom. The van der Waals surface area contributed by atoms with Crippen molar-refractivity contribution in [2.75, 3.05) is 18.0 Å². The van der Waals surface area contributed by atoms with Gasteiger partial charge in [-0.15, -0.1) is 0 Å². The molecule has 6 heteroatoms. The first-order chi connectivity index (χ1) is 15.6. The van der Waals surface area contributed by atoms with E-state index in [2.05, 4.69) is 11.8 Å². The van der Waals surface area contributed by atoms with Crippen molar-refractivity contribution < 1.29 is 14.7 Å². The van der Waals surface area contributed by atoms with Crippen LogP contribution in [0.1, 0.15) is 77.6 Å². The Bertz CT molecular complexity index is 765. The van der Waals surface area contributed by atoms with E-state index in [1.165, 1.54) is 32.1 Å². The van der Waals surface area contributed by atoms with Gasteiger partial charge in [0.25, 0.3) is 0 Å². The molecule has 2 saturated heterocycles. The highest BCUT2D eigenvalue weighted by Crippen LogP contribution is 2.35. The highest BCUT2D eigenvalue weighted by molar-refractivity contribution is 5.95. The highest BCUT2D eigenvalue weighted by Gasteiger charge is 2.41. The van der Waals surface area contributed by atoms with E-state index in [0.29, 0.717) is 25.0 Å². The van der Waals surface area contributed by atoms with Crippen molar-refractivity contribution in [3.05, 3.63) is 30.3 Å². The summed E-state index contributed by atoms with van der Waals surface area (Å²) in [6.07, 6.45) is 12.2. The molecule has 1 aliphatic carbocycles. The van der Waals surface area contributed by atoms with Gasteiger partial charge < -0.3 is 10.0 Å². The summed E-state index contributed by atoms with van der Waals surface area (Å²) in [6.45, 7) is 3.81. The molecule has 1 aromatic carbocycles. The van der Waals surface area contributed by atoms with E-state index in [4.69, 9.17) is 0 Å². The van der Waals surface area contributed by atoms with Gasteiger partial charge in [-0.2, -0.15) is 0 Å². The Labute approximate surface area is 192 Å². The quantitative estimate of drug-likeness (QED) is 0.665. The van der Waals surface area contributed by atoms with Gasteiger partial charge in [0.05, 0.1) is 0 Å². The van der Waals surface area contributed by atoms with Gasteiger partial charge in [-0.25, -0.2) is 9.59 Å². The molecule has 3 atom stereocenters. The van der Waals surface area contributed by atoms with Crippen molar-refractivity contribution in [2.24, 2.45) is 0 Å². The Morgan fingerprint density at radius 3 is 2.44 bits per heavy atom. The largest absolute Gasteiger partial charge is 0.480 e. The van der Waals surface area contributed by atoms with Crippen LogP contribution in [0.15, 0.2) is 30.3 Å². The Kier molecular flexibility index (Phi) is 7.71. The Hall–Kier alpha value is -2.08. The molecular weight excluding hydrogens is 402 g/mol. The number of anilines is 1. The summed E-state index contributed by atoms with van der Waals surface area (Å²) in [5, 5.41) is 9.67. The third-order valence-electron chi connectivity index (χ3n) is 7.79. The number of hydrogen-bond donors (Lipinski definition) is 1. The van der Waals surface area contributed by atoms with Crippen LogP contribution in [0.3, 0.4) is 0 Å². The molecule has 0 bridgehead atoms. The molecule has 1 aromatic rings. The van der Waals surface area contributed by atoms with Crippen LogP contribution >= 0.6 is 0 Å². The van der Waals surface area contributed by atoms with Crippen LogP contribution in [0.4, 0.5) is 10.5 Å². The second-order valence-corrected chi connectivity index (χ2v) is 9.83. The topological polar surface area (TPSA) is 64.1 Å². The van der Waals surface area contributed by atoms with E-state index in [1.807, 2.05) is 35.2 Å². The summed E-state index contributed by atoms with van der Waals surface area (Å²) in [4.78, 5) is 31.9. The van der Waals surface area contributed by atoms with Crippen molar-refractivity contribution in [3.8, 4) is 0 Å². The van der Waals surface area contributed by atoms with Crippen LogP contribution in [0.25, 0.3) is 0 Å². The van der Waals surface area contributed by atoms with E-state index in [1.54, 1.807) is 4.90 Å². The number of amides is 2. The van der Waals surface area contributed by atoms with Gasteiger partial charge in [0.2, 0.25) is 0 Å². The molecule has 1 saturated carbocycles. The SMILES string of the molecule is CCC[C@H]1C[C@@H](N(C(=O)N2CCC[C@@H]2C(=O)O)c2ccccc2)CCN1C1CCCCC1. The molecule has 3 fully saturated rings. The van der Waals surface area contributed by atoms with Gasteiger partial charge in [-0.05, 0) is 57.1 Å². The molecule has 0 aromatic heterocycles. The average Bonchev–Trinajstić information content (AvgIpc) is 3.31. The fraction of sp³-hybridized carbons (Fsp3) is 0.692. The highest BCUT2D eigenvalue weighted by atomic mass is 16.4. The fourth-order valence-corrected chi connectivity index (χ4v) is 6.25. The summed E-state index contributed by atoms with van der Waals surface area (Å²) < 4.78 is 0. The maximum absolute atomic E-state index is 13.8. The first-order valence-electron chi connectivity index (χ1n) is 12.7. The monoisotopic (exact) mass is 441 g/mol. The van der Waals surface area contributed by atoms with Crippen LogP contribution in [-0.2, 0) is 4.79 Å². The minimum atomic E-state index is -0.889. The smallest absolute Gasteiger partial charge is 0.326 e. The third kappa shape index (κ3) is 4.95. The van der Waals surface area contributed by atoms with E-state index >= 15 is 0 Å². The number of nitrogens with zero attached hydrogens (tertiary/aromatic N) is 3. The minimum Gasteiger partial charge on any atom is -0.480 e. The number of para-hydroxylation sites is 1. The Morgan fingerprint density at radius 2 is 1.75 bits per heavy atom. The number of carboxylic acids is 1. The van der Waals surface area contributed by atoms with Gasteiger partial charge in [0.1, 0.15) is 6.04 Å². The van der Waals surface area contributed by atoms with E-state index < -0.39 is 12.0 Å². The number of carboxylic acid groups (broad SMARTS) is 1. The zero-order chi connectivity index (χ0) is 22.5. The van der Waals surface area contributed by atoms with Crippen molar-refractivity contribution >= 4 is 17.7 Å². The summed E-state index contributed by atoms with van der Waals surface area (Å²) in [5.41, 5.74) is 0.889. The molecule has 6 nitrogen and oxygen atoms in total. The molecular formula is C26H39N3O3. The molecule has 4 rings (SSSR count). The van der Waals surface area contributed by atoms with E-state index in [9.17, 15) is 14.7 Å². The lowest BCUT2D eigenvalue weighted by atomic mass is 9.87. The second-order valence-electron chi connectivity index (χ2n) is 9.83. The second kappa shape index (κ2) is 10.7. The van der Waals surface area contributed by atoms with Crippen molar-refractivity contribution in [1.29, 1.82) is 0 Å². The summed E-state index contributed by atoms with van der Waals surface area (Å²) >= 11 is 0. The van der Waals surface area contributed by atoms with Gasteiger partial charge in [0.15, 0.2) is 0 Å². The lowest BCUT2D eigenvalue weighted by Crippen LogP contribution is -2.58. The molecule has 0 spiro atoms. The van der Waals surface area contributed by atoms with Gasteiger partial charge >= 0.3 is 12.0 Å². The molecule has 2 heterocycles. The van der Waals surface area contributed by atoms with Crippen LogP contribution in [0.2, 0.25) is 0 Å². The number of benzene rings is 1. The minimum absolute atomic E-state index is 0.108. The predicted molar refractivity (Wildman–Crippen MR) is 127 cm³/mol. The molecule has 3 aliphatic rings. The molecule has 176 valence electrons. The van der Waals surface area contributed by atoms with Crippen LogP contribution in [0, 0.1) is 0 Å². The molecule has 2 amide bonds. The summed E-state index contributed by atoms with van der Waals surface area (Å²) in [7, 11) is 0.